The van der Waals surface area contributed by atoms with E-state index in [0.717, 1.165) is 12.2 Å². The molecular formula is C14H22N4O2. The molecule has 0 aliphatic carbocycles. The number of hydrogen-bond acceptors (Lipinski definition) is 5. The molecule has 20 heavy (non-hydrogen) atoms. The van der Waals surface area contributed by atoms with E-state index in [1.165, 1.54) is 0 Å². The number of amides is 1. The highest BCUT2D eigenvalue weighted by Gasteiger charge is 2.34. The molecule has 1 aromatic carbocycles. The second-order valence-electron chi connectivity index (χ2n) is 5.48. The number of β-amino-alcohol motifs (C(OH)–C–C–N with tert-alkyl or cyclic N) is 1. The quantitative estimate of drug-likeness (QED) is 0.538. The molecule has 0 spiro atoms. The van der Waals surface area contributed by atoms with Crippen molar-refractivity contribution in [1.29, 1.82) is 0 Å². The lowest BCUT2D eigenvalue weighted by Crippen LogP contribution is -2.41. The van der Waals surface area contributed by atoms with Crippen molar-refractivity contribution in [3.8, 4) is 0 Å². The summed E-state index contributed by atoms with van der Waals surface area (Å²) in [5.74, 6) is 5.26. The number of carbonyl (C=O) groups excluding carboxylic acids is 1. The highest BCUT2D eigenvalue weighted by Crippen LogP contribution is 2.21. The predicted octanol–water partition coefficient (Wildman–Crippen LogP) is 0.109. The number of carbonyl (C=O) groups is 1. The zero-order valence-corrected chi connectivity index (χ0v) is 11.9. The number of aliphatic hydroxyl groups excluding tert-OH is 1. The van der Waals surface area contributed by atoms with Crippen molar-refractivity contribution in [2.45, 2.75) is 18.6 Å². The normalized spacial score (nSPS) is 22.4. The minimum absolute atomic E-state index is 0.0445. The minimum atomic E-state index is -0.436. The maximum Gasteiger partial charge on any atom is 0.254 e. The number of hydrazine groups is 1. The highest BCUT2D eigenvalue weighted by atomic mass is 16.3. The lowest BCUT2D eigenvalue weighted by atomic mass is 10.1. The van der Waals surface area contributed by atoms with Crippen LogP contribution in [0.5, 0.6) is 0 Å². The number of aliphatic hydroxyl groups is 1. The van der Waals surface area contributed by atoms with Gasteiger partial charge in [-0.25, -0.2) is 0 Å². The van der Waals surface area contributed by atoms with Crippen molar-refractivity contribution in [2.75, 3.05) is 32.6 Å². The fraction of sp³-hybridized carbons (Fsp3) is 0.500. The Morgan fingerprint density at radius 1 is 1.45 bits per heavy atom. The molecule has 1 aliphatic heterocycles. The lowest BCUT2D eigenvalue weighted by Gasteiger charge is -2.27. The van der Waals surface area contributed by atoms with Gasteiger partial charge in [0.2, 0.25) is 0 Å². The molecule has 0 saturated carbocycles. The van der Waals surface area contributed by atoms with Gasteiger partial charge in [0.05, 0.1) is 6.10 Å². The van der Waals surface area contributed by atoms with Gasteiger partial charge in [-0.05, 0) is 44.8 Å². The van der Waals surface area contributed by atoms with E-state index >= 15 is 0 Å². The van der Waals surface area contributed by atoms with Gasteiger partial charge >= 0.3 is 0 Å². The van der Waals surface area contributed by atoms with Crippen LogP contribution < -0.4 is 11.3 Å². The Bertz CT molecular complexity index is 461. The van der Waals surface area contributed by atoms with E-state index in [9.17, 15) is 9.90 Å². The van der Waals surface area contributed by atoms with E-state index in [4.69, 9.17) is 5.84 Å². The van der Waals surface area contributed by atoms with Crippen LogP contribution in [0.3, 0.4) is 0 Å². The largest absolute Gasteiger partial charge is 0.391 e. The Labute approximate surface area is 119 Å². The Morgan fingerprint density at radius 3 is 2.65 bits per heavy atom. The smallest absolute Gasteiger partial charge is 0.254 e. The molecule has 4 N–H and O–H groups in total. The van der Waals surface area contributed by atoms with Crippen molar-refractivity contribution in [2.24, 2.45) is 5.84 Å². The van der Waals surface area contributed by atoms with Gasteiger partial charge in [-0.1, -0.05) is 0 Å². The monoisotopic (exact) mass is 278 g/mol. The van der Waals surface area contributed by atoms with Crippen LogP contribution in [-0.2, 0) is 0 Å². The number of nitrogens with zero attached hydrogens (tertiary/aromatic N) is 2. The van der Waals surface area contributed by atoms with Crippen LogP contribution in [0.15, 0.2) is 24.3 Å². The molecule has 2 atom stereocenters. The van der Waals surface area contributed by atoms with Gasteiger partial charge in [0, 0.05) is 30.4 Å². The molecule has 1 aromatic rings. The summed E-state index contributed by atoms with van der Waals surface area (Å²) in [6.07, 6.45) is 0.195. The van der Waals surface area contributed by atoms with E-state index in [0.29, 0.717) is 18.5 Å². The maximum absolute atomic E-state index is 12.5. The first-order valence-electron chi connectivity index (χ1n) is 6.71. The third-order valence-electron chi connectivity index (χ3n) is 3.53. The zero-order chi connectivity index (χ0) is 14.7. The summed E-state index contributed by atoms with van der Waals surface area (Å²) in [6, 6.07) is 7.07. The molecule has 2 rings (SSSR count). The van der Waals surface area contributed by atoms with Crippen molar-refractivity contribution < 1.29 is 9.90 Å². The highest BCUT2D eigenvalue weighted by molar-refractivity contribution is 5.95. The van der Waals surface area contributed by atoms with Gasteiger partial charge in [-0.15, -0.1) is 0 Å². The molecule has 0 bridgehead atoms. The van der Waals surface area contributed by atoms with Crippen LogP contribution in [0, 0.1) is 0 Å². The molecule has 2 unspecified atom stereocenters. The summed E-state index contributed by atoms with van der Waals surface area (Å²) in [5.41, 5.74) is 3.90. The number of rotatable bonds is 4. The average Bonchev–Trinajstić information content (AvgIpc) is 2.78. The Morgan fingerprint density at radius 2 is 2.10 bits per heavy atom. The van der Waals surface area contributed by atoms with Crippen molar-refractivity contribution in [3.63, 3.8) is 0 Å². The van der Waals surface area contributed by atoms with Crippen molar-refractivity contribution in [3.05, 3.63) is 29.8 Å². The summed E-state index contributed by atoms with van der Waals surface area (Å²) in [4.78, 5) is 16.3. The first-order valence-corrected chi connectivity index (χ1v) is 6.71. The summed E-state index contributed by atoms with van der Waals surface area (Å²) in [5, 5.41) is 9.82. The van der Waals surface area contributed by atoms with Gasteiger partial charge < -0.3 is 20.3 Å². The Kier molecular flexibility index (Phi) is 4.59. The molecular weight excluding hydrogens is 256 g/mol. The van der Waals surface area contributed by atoms with E-state index in [-0.39, 0.29) is 11.9 Å². The van der Waals surface area contributed by atoms with Crippen LogP contribution in [0.25, 0.3) is 0 Å². The van der Waals surface area contributed by atoms with Gasteiger partial charge in [-0.2, -0.15) is 0 Å². The van der Waals surface area contributed by atoms with Gasteiger partial charge in [0.15, 0.2) is 0 Å². The number of nitrogens with one attached hydrogen (secondary N) is 1. The number of likely N-dealkylation sites (tertiary alicyclic amines) is 1. The van der Waals surface area contributed by atoms with Gasteiger partial charge in [-0.3, -0.25) is 10.6 Å². The summed E-state index contributed by atoms with van der Waals surface area (Å²) < 4.78 is 0. The molecule has 0 radical (unpaired) electrons. The molecule has 110 valence electrons. The van der Waals surface area contributed by atoms with E-state index < -0.39 is 6.10 Å². The van der Waals surface area contributed by atoms with Crippen molar-refractivity contribution in [1.82, 2.24) is 9.80 Å². The number of benzene rings is 1. The summed E-state index contributed by atoms with van der Waals surface area (Å²) >= 11 is 0. The first-order chi connectivity index (χ1) is 9.51. The van der Waals surface area contributed by atoms with Crippen molar-refractivity contribution >= 4 is 11.6 Å². The number of hydrogen-bond donors (Lipinski definition) is 3. The molecule has 1 heterocycles. The van der Waals surface area contributed by atoms with Gasteiger partial charge in [0.1, 0.15) is 0 Å². The lowest BCUT2D eigenvalue weighted by molar-refractivity contribution is 0.0699. The number of nitrogen functional groups attached to an aromatic ring is 1. The number of likely N-dealkylation sites (N-methyl/N-ethyl adjacent to an activating group) is 1. The molecule has 1 aliphatic rings. The topological polar surface area (TPSA) is 81.8 Å². The predicted molar refractivity (Wildman–Crippen MR) is 78.3 cm³/mol. The number of anilines is 1. The summed E-state index contributed by atoms with van der Waals surface area (Å²) in [6.45, 7) is 1.15. The van der Waals surface area contributed by atoms with Crippen LogP contribution in [-0.4, -0.2) is 60.1 Å². The van der Waals surface area contributed by atoms with Crippen LogP contribution in [0.1, 0.15) is 16.8 Å². The molecule has 1 fully saturated rings. The maximum atomic E-state index is 12.5. The average molecular weight is 278 g/mol. The number of nitrogens with two attached hydrogens (primary N) is 1. The fourth-order valence-corrected chi connectivity index (χ4v) is 2.61. The molecule has 6 nitrogen and oxygen atoms in total. The van der Waals surface area contributed by atoms with Crippen LogP contribution >= 0.6 is 0 Å². The van der Waals surface area contributed by atoms with Crippen LogP contribution in [0.2, 0.25) is 0 Å². The van der Waals surface area contributed by atoms with E-state index in [1.54, 1.807) is 29.2 Å². The van der Waals surface area contributed by atoms with Crippen LogP contribution in [0.4, 0.5) is 5.69 Å². The van der Waals surface area contributed by atoms with E-state index in [1.807, 2.05) is 19.0 Å². The zero-order valence-electron chi connectivity index (χ0n) is 11.9. The SMILES string of the molecule is CN(C)CC1CC(O)CN1C(=O)c1ccc(NN)cc1. The Balaban J connectivity index is 2.13. The third-order valence-corrected chi connectivity index (χ3v) is 3.53. The fourth-order valence-electron chi connectivity index (χ4n) is 2.61. The third kappa shape index (κ3) is 3.27. The molecule has 6 heteroatoms. The molecule has 1 amide bonds. The summed E-state index contributed by atoms with van der Waals surface area (Å²) in [7, 11) is 3.93. The minimum Gasteiger partial charge on any atom is -0.391 e. The van der Waals surface area contributed by atoms with Gasteiger partial charge in [0.25, 0.3) is 5.91 Å². The Hall–Kier alpha value is -1.63. The standard InChI is InChI=1S/C14H22N4O2/c1-17(2)8-12-7-13(19)9-18(12)14(20)10-3-5-11(16-15)6-4-10/h3-6,12-13,16,19H,7-9,15H2,1-2H3. The van der Waals surface area contributed by atoms with E-state index in [2.05, 4.69) is 5.43 Å². The second-order valence-corrected chi connectivity index (χ2v) is 5.48. The molecule has 1 saturated heterocycles. The second kappa shape index (κ2) is 6.21. The molecule has 0 aromatic heterocycles. The first kappa shape index (κ1) is 14.8.